The molecule has 1 fully saturated rings. The molecule has 3 aromatic rings. The average molecular weight is 505 g/mol. The Kier molecular flexibility index (Phi) is 7.87. The van der Waals surface area contributed by atoms with Crippen molar-refractivity contribution >= 4 is 32.9 Å². The van der Waals surface area contributed by atoms with Crippen LogP contribution in [0.15, 0.2) is 36.4 Å². The maximum atomic E-state index is 10.4. The van der Waals surface area contributed by atoms with Crippen molar-refractivity contribution in [1.82, 2.24) is 9.80 Å². The number of hydrogen-bond acceptors (Lipinski definition) is 9. The van der Waals surface area contributed by atoms with Gasteiger partial charge in [0.05, 0.1) is 21.3 Å². The standard InChI is InChI=1S/C24H28N2O4S3/c1-28-19-11-18(24(30-3)21(12-19)29-2)15-26-8-6-25(7-9-26)14-17-10-16(4-5-20(17)27)22-13-23(31)33-32-22/h4-5,10-13,27H,6-9,14-15H2,1-3H3. The minimum absolute atomic E-state index is 0.341. The van der Waals surface area contributed by atoms with Gasteiger partial charge in [0.2, 0.25) is 0 Å². The Morgan fingerprint density at radius 1 is 0.848 bits per heavy atom. The largest absolute Gasteiger partial charge is 0.508 e. The zero-order valence-corrected chi connectivity index (χ0v) is 21.4. The molecule has 2 aromatic carbocycles. The third kappa shape index (κ3) is 5.67. The van der Waals surface area contributed by atoms with Gasteiger partial charge >= 0.3 is 0 Å². The zero-order chi connectivity index (χ0) is 23.4. The zero-order valence-electron chi connectivity index (χ0n) is 19.0. The Morgan fingerprint density at radius 2 is 1.55 bits per heavy atom. The number of rotatable bonds is 8. The lowest BCUT2D eigenvalue weighted by Crippen LogP contribution is -2.45. The molecule has 6 nitrogen and oxygen atoms in total. The minimum atomic E-state index is 0.341. The summed E-state index contributed by atoms with van der Waals surface area (Å²) < 4.78 is 17.4. The first kappa shape index (κ1) is 24.0. The number of benzene rings is 2. The van der Waals surface area contributed by atoms with Gasteiger partial charge in [-0.2, -0.15) is 0 Å². The fourth-order valence-electron chi connectivity index (χ4n) is 4.08. The van der Waals surface area contributed by atoms with Gasteiger partial charge < -0.3 is 19.3 Å². The third-order valence-corrected chi connectivity index (χ3v) is 8.75. The van der Waals surface area contributed by atoms with Crippen molar-refractivity contribution in [3.8, 4) is 33.4 Å². The van der Waals surface area contributed by atoms with Crippen molar-refractivity contribution in [3.05, 3.63) is 51.3 Å². The van der Waals surface area contributed by atoms with Crippen LogP contribution in [-0.2, 0) is 13.1 Å². The molecule has 1 N–H and O–H groups in total. The van der Waals surface area contributed by atoms with Gasteiger partial charge in [-0.25, -0.2) is 0 Å². The molecule has 33 heavy (non-hydrogen) atoms. The molecule has 0 aliphatic carbocycles. The smallest absolute Gasteiger partial charge is 0.165 e. The molecule has 0 radical (unpaired) electrons. The van der Waals surface area contributed by atoms with E-state index in [1.165, 1.54) is 0 Å². The maximum Gasteiger partial charge on any atom is 0.165 e. The first-order valence-corrected chi connectivity index (χ1v) is 13.2. The van der Waals surface area contributed by atoms with Crippen LogP contribution in [0.4, 0.5) is 0 Å². The molecule has 9 heteroatoms. The van der Waals surface area contributed by atoms with Crippen LogP contribution in [0.1, 0.15) is 11.1 Å². The highest BCUT2D eigenvalue weighted by Crippen LogP contribution is 2.37. The molecule has 1 saturated heterocycles. The number of phenols is 1. The van der Waals surface area contributed by atoms with Crippen LogP contribution in [0.25, 0.3) is 10.4 Å². The number of methoxy groups -OCH3 is 3. The van der Waals surface area contributed by atoms with Crippen molar-refractivity contribution in [2.24, 2.45) is 0 Å². The molecule has 0 unspecified atom stereocenters. The van der Waals surface area contributed by atoms with Gasteiger partial charge in [0.15, 0.2) is 11.5 Å². The van der Waals surface area contributed by atoms with Crippen molar-refractivity contribution in [1.29, 1.82) is 0 Å². The summed E-state index contributed by atoms with van der Waals surface area (Å²) in [6, 6.07) is 11.7. The highest BCUT2D eigenvalue weighted by atomic mass is 32.9. The summed E-state index contributed by atoms with van der Waals surface area (Å²) in [7, 11) is 8.25. The summed E-state index contributed by atoms with van der Waals surface area (Å²) in [4.78, 5) is 5.94. The van der Waals surface area contributed by atoms with Crippen LogP contribution in [-0.4, -0.2) is 62.4 Å². The molecule has 0 saturated carbocycles. The SMILES string of the molecule is COc1cc(CN2CCN(Cc3cc(-c4cc(=S)ss4)ccc3O)CC2)c(OC)c(OC)c1. The molecule has 2 heterocycles. The highest BCUT2D eigenvalue weighted by Gasteiger charge is 2.21. The molecule has 1 aromatic heterocycles. The molecule has 0 atom stereocenters. The van der Waals surface area contributed by atoms with Crippen LogP contribution in [0, 0.1) is 3.82 Å². The van der Waals surface area contributed by atoms with Crippen LogP contribution < -0.4 is 14.2 Å². The Labute approximate surface area is 207 Å². The molecular weight excluding hydrogens is 476 g/mol. The molecular formula is C24H28N2O4S3. The minimum Gasteiger partial charge on any atom is -0.508 e. The van der Waals surface area contributed by atoms with Crippen molar-refractivity contribution in [2.75, 3.05) is 47.5 Å². The second kappa shape index (κ2) is 10.8. The second-order valence-electron chi connectivity index (χ2n) is 7.91. The van der Waals surface area contributed by atoms with Gasteiger partial charge in [-0.05, 0) is 35.9 Å². The van der Waals surface area contributed by atoms with Crippen molar-refractivity contribution < 1.29 is 19.3 Å². The number of ether oxygens (including phenoxy) is 3. The lowest BCUT2D eigenvalue weighted by atomic mass is 10.1. The topological polar surface area (TPSA) is 54.4 Å². The summed E-state index contributed by atoms with van der Waals surface area (Å²) in [5, 5.41) is 10.4. The van der Waals surface area contributed by atoms with Crippen molar-refractivity contribution in [2.45, 2.75) is 13.1 Å². The summed E-state index contributed by atoms with van der Waals surface area (Å²) in [6.07, 6.45) is 0. The van der Waals surface area contributed by atoms with E-state index in [4.69, 9.17) is 26.4 Å². The van der Waals surface area contributed by atoms with E-state index < -0.39 is 0 Å². The van der Waals surface area contributed by atoms with E-state index in [9.17, 15) is 5.11 Å². The van der Waals surface area contributed by atoms with Crippen LogP contribution in [0.3, 0.4) is 0 Å². The van der Waals surface area contributed by atoms with Crippen molar-refractivity contribution in [3.63, 3.8) is 0 Å². The first-order valence-electron chi connectivity index (χ1n) is 10.7. The Bertz CT molecular complexity index is 1150. The van der Waals surface area contributed by atoms with Gasteiger partial charge in [0.25, 0.3) is 0 Å². The molecule has 1 aliphatic heterocycles. The van der Waals surface area contributed by atoms with E-state index in [2.05, 4.69) is 15.9 Å². The first-order chi connectivity index (χ1) is 16.0. The quantitative estimate of drug-likeness (QED) is 0.332. The van der Waals surface area contributed by atoms with E-state index in [0.717, 1.165) is 76.2 Å². The van der Waals surface area contributed by atoms with Crippen LogP contribution in [0.5, 0.6) is 23.0 Å². The monoisotopic (exact) mass is 504 g/mol. The highest BCUT2D eigenvalue weighted by molar-refractivity contribution is 7.80. The molecule has 0 spiro atoms. The van der Waals surface area contributed by atoms with E-state index in [1.54, 1.807) is 48.1 Å². The van der Waals surface area contributed by atoms with Crippen LogP contribution in [0.2, 0.25) is 0 Å². The second-order valence-corrected chi connectivity index (χ2v) is 10.8. The predicted molar refractivity (Wildman–Crippen MR) is 137 cm³/mol. The van der Waals surface area contributed by atoms with E-state index in [0.29, 0.717) is 11.5 Å². The molecule has 0 amide bonds. The van der Waals surface area contributed by atoms with E-state index in [1.807, 2.05) is 24.3 Å². The van der Waals surface area contributed by atoms with Gasteiger partial charge in [-0.3, -0.25) is 9.80 Å². The summed E-state index contributed by atoms with van der Waals surface area (Å²) in [5.74, 6) is 2.52. The van der Waals surface area contributed by atoms with Gasteiger partial charge in [-0.15, -0.1) is 0 Å². The number of piperazine rings is 1. The van der Waals surface area contributed by atoms with Gasteiger partial charge in [-0.1, -0.05) is 32.9 Å². The Balaban J connectivity index is 1.41. The summed E-state index contributed by atoms with van der Waals surface area (Å²) >= 11 is 5.27. The predicted octanol–water partition coefficient (Wildman–Crippen LogP) is 5.26. The number of aromatic hydroxyl groups is 1. The number of hydrogen-bond donors (Lipinski definition) is 1. The average Bonchev–Trinajstić information content (AvgIpc) is 3.27. The normalized spacial score (nSPS) is 14.9. The van der Waals surface area contributed by atoms with Crippen LogP contribution >= 0.6 is 32.9 Å². The molecule has 4 rings (SSSR count). The lowest BCUT2D eigenvalue weighted by Gasteiger charge is -2.35. The fraction of sp³-hybridized carbons (Fsp3) is 0.375. The Morgan fingerprint density at radius 3 is 2.12 bits per heavy atom. The fourth-order valence-corrected chi connectivity index (χ4v) is 6.47. The van der Waals surface area contributed by atoms with Gasteiger partial charge in [0.1, 0.15) is 15.3 Å². The summed E-state index contributed by atoms with van der Waals surface area (Å²) in [5.41, 5.74) is 3.10. The third-order valence-electron chi connectivity index (χ3n) is 5.84. The maximum absolute atomic E-state index is 10.4. The Hall–Kier alpha value is -2.17. The molecule has 0 bridgehead atoms. The van der Waals surface area contributed by atoms with Gasteiger partial charge in [0, 0.05) is 61.3 Å². The lowest BCUT2D eigenvalue weighted by molar-refractivity contribution is 0.120. The summed E-state index contributed by atoms with van der Waals surface area (Å²) in [6.45, 7) is 5.17. The number of phenolic OH excluding ortho intramolecular Hbond substituents is 1. The van der Waals surface area contributed by atoms with E-state index >= 15 is 0 Å². The van der Waals surface area contributed by atoms with E-state index in [-0.39, 0.29) is 0 Å². The number of nitrogens with zero attached hydrogens (tertiary/aromatic N) is 2. The molecule has 1 aliphatic rings. The molecule has 176 valence electrons.